The number of benzene rings is 1. The number of hydrogen-bond acceptors (Lipinski definition) is 2. The lowest BCUT2D eigenvalue weighted by atomic mass is 10.0. The minimum atomic E-state index is -0.366. The minimum Gasteiger partial charge on any atom is -0.488 e. The Kier molecular flexibility index (Phi) is 2.86. The van der Waals surface area contributed by atoms with Gasteiger partial charge in [-0.3, -0.25) is 4.79 Å². The lowest BCUT2D eigenvalue weighted by molar-refractivity contribution is 0.285. The number of halogens is 2. The summed E-state index contributed by atoms with van der Waals surface area (Å²) in [4.78, 5) is 14.5. The van der Waals surface area contributed by atoms with Gasteiger partial charge in [-0.15, -0.1) is 0 Å². The SMILES string of the molecule is O=c1[nH]c2c(F)c(CBr)ccc2c2c1OCCC2. The summed E-state index contributed by atoms with van der Waals surface area (Å²) >= 11 is 3.23. The summed E-state index contributed by atoms with van der Waals surface area (Å²) in [7, 11) is 0. The normalized spacial score (nSPS) is 14.3. The number of aryl methyl sites for hydroxylation is 1. The molecule has 1 aliphatic heterocycles. The number of H-pyrrole nitrogens is 1. The van der Waals surface area contributed by atoms with Gasteiger partial charge in [0, 0.05) is 21.8 Å². The molecular weight excluding hydrogens is 301 g/mol. The van der Waals surface area contributed by atoms with Crippen LogP contribution in [0.2, 0.25) is 0 Å². The molecule has 1 N–H and O–H groups in total. The predicted octanol–water partition coefficient (Wildman–Crippen LogP) is 2.89. The van der Waals surface area contributed by atoms with E-state index in [9.17, 15) is 9.18 Å². The molecule has 0 saturated carbocycles. The third-order valence-electron chi connectivity index (χ3n) is 3.23. The van der Waals surface area contributed by atoms with Crippen LogP contribution in [0.25, 0.3) is 10.9 Å². The molecule has 1 aliphatic rings. The summed E-state index contributed by atoms with van der Waals surface area (Å²) in [5, 5.41) is 1.16. The van der Waals surface area contributed by atoms with Gasteiger partial charge in [-0.1, -0.05) is 28.1 Å². The summed E-state index contributed by atoms with van der Waals surface area (Å²) in [6, 6.07) is 3.58. The highest BCUT2D eigenvalue weighted by Gasteiger charge is 2.20. The monoisotopic (exact) mass is 311 g/mol. The van der Waals surface area contributed by atoms with Gasteiger partial charge < -0.3 is 9.72 Å². The molecule has 1 aromatic heterocycles. The standard InChI is InChI=1S/C13H11BrFNO2/c14-6-7-3-4-8-9-2-1-5-18-12(9)13(17)16-11(8)10(7)15/h3-4H,1-2,5-6H2,(H,16,17). The maximum atomic E-state index is 14.2. The number of aromatic nitrogens is 1. The first-order valence-corrected chi connectivity index (χ1v) is 6.89. The van der Waals surface area contributed by atoms with Crippen molar-refractivity contribution in [1.82, 2.24) is 4.98 Å². The highest BCUT2D eigenvalue weighted by Crippen LogP contribution is 2.30. The van der Waals surface area contributed by atoms with Crippen molar-refractivity contribution in [3.8, 4) is 5.75 Å². The third-order valence-corrected chi connectivity index (χ3v) is 3.83. The summed E-state index contributed by atoms with van der Waals surface area (Å²) in [6.07, 6.45) is 1.61. The lowest BCUT2D eigenvalue weighted by Gasteiger charge is -2.18. The Balaban J connectivity index is 2.40. The quantitative estimate of drug-likeness (QED) is 0.823. The fourth-order valence-electron chi connectivity index (χ4n) is 2.35. The second kappa shape index (κ2) is 4.39. The maximum Gasteiger partial charge on any atom is 0.291 e. The van der Waals surface area contributed by atoms with Gasteiger partial charge in [0.05, 0.1) is 12.1 Å². The van der Waals surface area contributed by atoms with Crippen LogP contribution in [0.1, 0.15) is 17.5 Å². The number of rotatable bonds is 1. The Hall–Kier alpha value is -1.36. The molecule has 0 amide bonds. The van der Waals surface area contributed by atoms with Crippen molar-refractivity contribution in [2.24, 2.45) is 0 Å². The van der Waals surface area contributed by atoms with Crippen LogP contribution >= 0.6 is 15.9 Å². The lowest BCUT2D eigenvalue weighted by Crippen LogP contribution is -2.20. The van der Waals surface area contributed by atoms with Crippen molar-refractivity contribution in [3.05, 3.63) is 39.4 Å². The highest BCUT2D eigenvalue weighted by atomic mass is 79.9. The number of aromatic amines is 1. The summed E-state index contributed by atoms with van der Waals surface area (Å²) in [5.74, 6) is -0.0189. The van der Waals surface area contributed by atoms with E-state index in [0.717, 1.165) is 23.8 Å². The first kappa shape index (κ1) is 11.7. The topological polar surface area (TPSA) is 42.1 Å². The van der Waals surface area contributed by atoms with E-state index in [1.807, 2.05) is 6.07 Å². The van der Waals surface area contributed by atoms with Gasteiger partial charge in [-0.25, -0.2) is 4.39 Å². The smallest absolute Gasteiger partial charge is 0.291 e. The number of alkyl halides is 1. The highest BCUT2D eigenvalue weighted by molar-refractivity contribution is 9.08. The van der Waals surface area contributed by atoms with Gasteiger partial charge in [-0.2, -0.15) is 0 Å². The van der Waals surface area contributed by atoms with E-state index in [1.165, 1.54) is 0 Å². The Morgan fingerprint density at radius 3 is 3.06 bits per heavy atom. The van der Waals surface area contributed by atoms with Crippen LogP contribution in [0.5, 0.6) is 5.75 Å². The Morgan fingerprint density at radius 2 is 2.28 bits per heavy atom. The van der Waals surface area contributed by atoms with Crippen LogP contribution in [0.15, 0.2) is 16.9 Å². The Bertz CT molecular complexity index is 681. The zero-order valence-electron chi connectivity index (χ0n) is 9.56. The fraction of sp³-hybridized carbons (Fsp3) is 0.308. The van der Waals surface area contributed by atoms with E-state index in [4.69, 9.17) is 4.74 Å². The number of hydrogen-bond donors (Lipinski definition) is 1. The largest absolute Gasteiger partial charge is 0.488 e. The van der Waals surface area contributed by atoms with Gasteiger partial charge in [0.1, 0.15) is 0 Å². The zero-order valence-corrected chi connectivity index (χ0v) is 11.1. The molecule has 0 aliphatic carbocycles. The van der Waals surface area contributed by atoms with Crippen LogP contribution in [0.4, 0.5) is 4.39 Å². The second-order valence-electron chi connectivity index (χ2n) is 4.31. The summed E-state index contributed by atoms with van der Waals surface area (Å²) in [5.41, 5.74) is 1.29. The molecule has 3 nitrogen and oxygen atoms in total. The van der Waals surface area contributed by atoms with Gasteiger partial charge in [0.15, 0.2) is 11.6 Å². The van der Waals surface area contributed by atoms with Crippen molar-refractivity contribution in [3.63, 3.8) is 0 Å². The first-order valence-electron chi connectivity index (χ1n) is 5.77. The minimum absolute atomic E-state index is 0.279. The van der Waals surface area contributed by atoms with E-state index < -0.39 is 0 Å². The fourth-order valence-corrected chi connectivity index (χ4v) is 2.78. The van der Waals surface area contributed by atoms with Gasteiger partial charge in [0.2, 0.25) is 0 Å². The summed E-state index contributed by atoms with van der Waals surface area (Å²) < 4.78 is 19.6. The maximum absolute atomic E-state index is 14.2. The van der Waals surface area contributed by atoms with Gasteiger partial charge >= 0.3 is 0 Å². The average molecular weight is 312 g/mol. The average Bonchev–Trinajstić information content (AvgIpc) is 2.41. The number of fused-ring (bicyclic) bond motifs is 3. The van der Waals surface area contributed by atoms with E-state index in [2.05, 4.69) is 20.9 Å². The van der Waals surface area contributed by atoms with Crippen molar-refractivity contribution in [1.29, 1.82) is 0 Å². The van der Waals surface area contributed by atoms with Crippen molar-refractivity contribution >= 4 is 26.8 Å². The molecule has 3 rings (SSSR count). The van der Waals surface area contributed by atoms with E-state index in [-0.39, 0.29) is 16.9 Å². The molecule has 2 aromatic rings. The predicted molar refractivity (Wildman–Crippen MR) is 71.0 cm³/mol. The van der Waals surface area contributed by atoms with Crippen LogP contribution in [-0.2, 0) is 11.8 Å². The molecule has 18 heavy (non-hydrogen) atoms. The Morgan fingerprint density at radius 1 is 1.44 bits per heavy atom. The number of nitrogens with one attached hydrogen (secondary N) is 1. The van der Waals surface area contributed by atoms with Crippen LogP contribution in [0, 0.1) is 5.82 Å². The van der Waals surface area contributed by atoms with Gasteiger partial charge in [-0.05, 0) is 12.8 Å². The van der Waals surface area contributed by atoms with E-state index >= 15 is 0 Å². The molecule has 0 atom stereocenters. The third kappa shape index (κ3) is 1.65. The first-order chi connectivity index (χ1) is 8.72. The van der Waals surface area contributed by atoms with Crippen molar-refractivity contribution in [2.75, 3.05) is 6.61 Å². The molecule has 0 saturated heterocycles. The molecule has 5 heteroatoms. The molecule has 0 radical (unpaired) electrons. The molecule has 2 heterocycles. The molecule has 0 bridgehead atoms. The molecule has 0 unspecified atom stereocenters. The van der Waals surface area contributed by atoms with Crippen molar-refractivity contribution in [2.45, 2.75) is 18.2 Å². The van der Waals surface area contributed by atoms with Crippen LogP contribution < -0.4 is 10.3 Å². The summed E-state index contributed by atoms with van der Waals surface area (Å²) in [6.45, 7) is 0.545. The second-order valence-corrected chi connectivity index (χ2v) is 4.87. The molecular formula is C13H11BrFNO2. The molecule has 1 aromatic carbocycles. The van der Waals surface area contributed by atoms with Crippen LogP contribution in [0.3, 0.4) is 0 Å². The number of ether oxygens (including phenoxy) is 1. The number of pyridine rings is 1. The molecule has 0 fully saturated rings. The zero-order chi connectivity index (χ0) is 12.7. The van der Waals surface area contributed by atoms with Crippen molar-refractivity contribution < 1.29 is 9.13 Å². The van der Waals surface area contributed by atoms with E-state index in [1.54, 1.807) is 6.07 Å². The van der Waals surface area contributed by atoms with Gasteiger partial charge in [0.25, 0.3) is 5.56 Å². The van der Waals surface area contributed by atoms with E-state index in [0.29, 0.717) is 23.2 Å². The Labute approximate surface area is 111 Å². The molecule has 0 spiro atoms. The van der Waals surface area contributed by atoms with Crippen LogP contribution in [-0.4, -0.2) is 11.6 Å². The molecule has 94 valence electrons.